The summed E-state index contributed by atoms with van der Waals surface area (Å²) in [6.07, 6.45) is 0. The highest BCUT2D eigenvalue weighted by molar-refractivity contribution is 7.18. The molecule has 0 amide bonds. The molecule has 1 aromatic carbocycles. The molecule has 1 atom stereocenters. The van der Waals surface area contributed by atoms with E-state index in [1.165, 1.54) is 22.5 Å². The third kappa shape index (κ3) is 3.48. The molecule has 4 nitrogen and oxygen atoms in total. The van der Waals surface area contributed by atoms with Gasteiger partial charge in [0.2, 0.25) is 0 Å². The van der Waals surface area contributed by atoms with Crippen LogP contribution in [0.3, 0.4) is 0 Å². The maximum atomic E-state index is 12.8. The molecule has 0 saturated carbocycles. The summed E-state index contributed by atoms with van der Waals surface area (Å²) in [4.78, 5) is 24.7. The zero-order valence-corrected chi connectivity index (χ0v) is 17.2. The Morgan fingerprint density at radius 2 is 2.00 bits per heavy atom. The Balaban J connectivity index is 1.66. The highest BCUT2D eigenvalue weighted by Gasteiger charge is 2.19. The van der Waals surface area contributed by atoms with E-state index in [1.54, 1.807) is 11.3 Å². The van der Waals surface area contributed by atoms with E-state index in [4.69, 9.17) is 4.98 Å². The molecular formula is C21H21N3OS2. The highest BCUT2D eigenvalue weighted by atomic mass is 32.1. The lowest BCUT2D eigenvalue weighted by Crippen LogP contribution is -2.26. The van der Waals surface area contributed by atoms with Crippen molar-refractivity contribution in [3.8, 4) is 10.4 Å². The Labute approximate surface area is 166 Å². The summed E-state index contributed by atoms with van der Waals surface area (Å²) in [5.41, 5.74) is 3.47. The van der Waals surface area contributed by atoms with Crippen LogP contribution in [0.4, 0.5) is 0 Å². The molecule has 138 valence electrons. The van der Waals surface area contributed by atoms with Gasteiger partial charge in [-0.2, -0.15) is 0 Å². The summed E-state index contributed by atoms with van der Waals surface area (Å²) in [6.45, 7) is 5.01. The number of nitrogens with one attached hydrogen (secondary N) is 1. The Morgan fingerprint density at radius 1 is 1.19 bits per heavy atom. The summed E-state index contributed by atoms with van der Waals surface area (Å²) in [5.74, 6) is 0.711. The third-order valence-electron chi connectivity index (χ3n) is 4.99. The number of H-pyrrole nitrogens is 1. The number of hydrogen-bond acceptors (Lipinski definition) is 5. The van der Waals surface area contributed by atoms with Crippen LogP contribution in [-0.4, -0.2) is 21.9 Å². The SMILES string of the molecule is Cc1ccccc1CN(C)[C@@H](C)c1nc2scc(-c3cccs3)c2c(=O)[nH]1. The molecule has 0 radical (unpaired) electrons. The van der Waals surface area contributed by atoms with Crippen LogP contribution < -0.4 is 5.56 Å². The van der Waals surface area contributed by atoms with Gasteiger partial charge in [-0.25, -0.2) is 4.98 Å². The van der Waals surface area contributed by atoms with Crippen molar-refractivity contribution in [2.24, 2.45) is 0 Å². The molecule has 0 fully saturated rings. The second kappa shape index (κ2) is 7.38. The molecular weight excluding hydrogens is 374 g/mol. The number of aromatic nitrogens is 2. The van der Waals surface area contributed by atoms with Gasteiger partial charge in [-0.3, -0.25) is 9.69 Å². The fourth-order valence-electron chi connectivity index (χ4n) is 3.18. The minimum absolute atomic E-state index is 0.00833. The minimum atomic E-state index is -0.0595. The molecule has 1 N–H and O–H groups in total. The van der Waals surface area contributed by atoms with Crippen LogP contribution in [0.25, 0.3) is 20.7 Å². The lowest BCUT2D eigenvalue weighted by atomic mass is 10.1. The number of hydrogen-bond donors (Lipinski definition) is 1. The first-order valence-electron chi connectivity index (χ1n) is 8.84. The van der Waals surface area contributed by atoms with E-state index in [-0.39, 0.29) is 11.6 Å². The van der Waals surface area contributed by atoms with E-state index in [0.29, 0.717) is 11.2 Å². The molecule has 0 aliphatic heterocycles. The van der Waals surface area contributed by atoms with Crippen molar-refractivity contribution in [2.75, 3.05) is 7.05 Å². The largest absolute Gasteiger partial charge is 0.309 e. The fraction of sp³-hybridized carbons (Fsp3) is 0.238. The molecule has 4 aromatic rings. The van der Waals surface area contributed by atoms with Crippen molar-refractivity contribution in [3.05, 3.63) is 74.5 Å². The first kappa shape index (κ1) is 18.1. The number of nitrogens with zero attached hydrogens (tertiary/aromatic N) is 2. The van der Waals surface area contributed by atoms with Crippen LogP contribution in [0.15, 0.2) is 52.0 Å². The zero-order chi connectivity index (χ0) is 19.0. The fourth-order valence-corrected chi connectivity index (χ4v) is 4.95. The second-order valence-corrected chi connectivity index (χ2v) is 8.58. The summed E-state index contributed by atoms with van der Waals surface area (Å²) < 4.78 is 0. The Kier molecular flexibility index (Phi) is 4.95. The van der Waals surface area contributed by atoms with E-state index in [9.17, 15) is 4.79 Å². The van der Waals surface area contributed by atoms with Crippen molar-refractivity contribution in [3.63, 3.8) is 0 Å². The molecule has 0 aliphatic carbocycles. The summed E-state index contributed by atoms with van der Waals surface area (Å²) in [7, 11) is 2.06. The van der Waals surface area contributed by atoms with E-state index in [2.05, 4.69) is 55.0 Å². The van der Waals surface area contributed by atoms with Crippen molar-refractivity contribution in [2.45, 2.75) is 26.4 Å². The number of aryl methyl sites for hydroxylation is 1. The maximum absolute atomic E-state index is 12.8. The molecule has 4 rings (SSSR count). The number of benzene rings is 1. The van der Waals surface area contributed by atoms with Gasteiger partial charge in [0.05, 0.1) is 11.4 Å². The van der Waals surface area contributed by atoms with E-state index in [0.717, 1.165) is 21.8 Å². The molecule has 0 spiro atoms. The van der Waals surface area contributed by atoms with E-state index in [1.807, 2.05) is 22.9 Å². The molecule has 0 bridgehead atoms. The number of rotatable bonds is 5. The third-order valence-corrected chi connectivity index (χ3v) is 6.76. The van der Waals surface area contributed by atoms with Gasteiger partial charge in [0.15, 0.2) is 0 Å². The predicted octanol–water partition coefficient (Wildman–Crippen LogP) is 5.21. The van der Waals surface area contributed by atoms with Gasteiger partial charge >= 0.3 is 0 Å². The van der Waals surface area contributed by atoms with Crippen molar-refractivity contribution in [1.82, 2.24) is 14.9 Å². The topological polar surface area (TPSA) is 49.0 Å². The monoisotopic (exact) mass is 395 g/mol. The van der Waals surface area contributed by atoms with Crippen LogP contribution >= 0.6 is 22.7 Å². The van der Waals surface area contributed by atoms with Crippen molar-refractivity contribution >= 4 is 32.9 Å². The summed E-state index contributed by atoms with van der Waals surface area (Å²) in [6, 6.07) is 12.4. The summed E-state index contributed by atoms with van der Waals surface area (Å²) in [5, 5.41) is 4.75. The van der Waals surface area contributed by atoms with E-state index < -0.39 is 0 Å². The zero-order valence-electron chi connectivity index (χ0n) is 15.5. The number of aromatic amines is 1. The minimum Gasteiger partial charge on any atom is -0.309 e. The molecule has 0 aliphatic rings. The van der Waals surface area contributed by atoms with Crippen LogP contribution in [-0.2, 0) is 6.54 Å². The van der Waals surface area contributed by atoms with Gasteiger partial charge in [-0.05, 0) is 43.5 Å². The van der Waals surface area contributed by atoms with Gasteiger partial charge in [-0.1, -0.05) is 30.3 Å². The quantitative estimate of drug-likeness (QED) is 0.504. The lowest BCUT2D eigenvalue weighted by molar-refractivity contribution is 0.243. The molecule has 0 saturated heterocycles. The van der Waals surface area contributed by atoms with E-state index >= 15 is 0 Å². The maximum Gasteiger partial charge on any atom is 0.260 e. The Bertz CT molecular complexity index is 1130. The molecule has 0 unspecified atom stereocenters. The van der Waals surface area contributed by atoms with Crippen LogP contribution in [0, 0.1) is 6.92 Å². The second-order valence-electron chi connectivity index (χ2n) is 6.78. The first-order chi connectivity index (χ1) is 13.0. The van der Waals surface area contributed by atoms with Gasteiger partial charge in [0.25, 0.3) is 5.56 Å². The van der Waals surface area contributed by atoms with Crippen molar-refractivity contribution in [1.29, 1.82) is 0 Å². The van der Waals surface area contributed by atoms with Gasteiger partial charge in [-0.15, -0.1) is 22.7 Å². The normalized spacial score (nSPS) is 12.7. The van der Waals surface area contributed by atoms with Gasteiger partial charge < -0.3 is 4.98 Å². The molecule has 27 heavy (non-hydrogen) atoms. The molecule has 3 heterocycles. The Morgan fingerprint density at radius 3 is 2.74 bits per heavy atom. The van der Waals surface area contributed by atoms with Crippen LogP contribution in [0.5, 0.6) is 0 Å². The average molecular weight is 396 g/mol. The number of thiophene rings is 2. The number of fused-ring (bicyclic) bond motifs is 1. The van der Waals surface area contributed by atoms with Gasteiger partial charge in [0.1, 0.15) is 10.7 Å². The average Bonchev–Trinajstić information content (AvgIpc) is 3.32. The van der Waals surface area contributed by atoms with Crippen LogP contribution in [0.1, 0.15) is 29.9 Å². The Hall–Kier alpha value is -2.28. The van der Waals surface area contributed by atoms with Gasteiger partial charge in [0, 0.05) is 22.4 Å². The lowest BCUT2D eigenvalue weighted by Gasteiger charge is -2.24. The molecule has 6 heteroatoms. The summed E-state index contributed by atoms with van der Waals surface area (Å²) >= 11 is 3.17. The van der Waals surface area contributed by atoms with Crippen molar-refractivity contribution < 1.29 is 0 Å². The predicted molar refractivity (Wildman–Crippen MR) is 115 cm³/mol. The highest BCUT2D eigenvalue weighted by Crippen LogP contribution is 2.34. The van der Waals surface area contributed by atoms with Crippen LogP contribution in [0.2, 0.25) is 0 Å². The molecule has 3 aromatic heterocycles. The smallest absolute Gasteiger partial charge is 0.260 e. The standard InChI is InChI=1S/C21H21N3OS2/c1-13-7-4-5-8-15(13)11-24(3)14(2)19-22-20(25)18-16(12-27-21(18)23-19)17-9-6-10-26-17/h4-10,12,14H,11H2,1-3H3,(H,22,23,25)/t14-/m0/s1. The first-order valence-corrected chi connectivity index (χ1v) is 10.6.